The largest absolute Gasteiger partial charge is 0.480 e. The van der Waals surface area contributed by atoms with E-state index in [1.54, 1.807) is 4.90 Å². The fourth-order valence-electron chi connectivity index (χ4n) is 6.03. The molecule has 1 fully saturated rings. The molecule has 274 valence electrons. The van der Waals surface area contributed by atoms with Crippen LogP contribution in [0.2, 0.25) is 0 Å². The van der Waals surface area contributed by atoms with Gasteiger partial charge in [-0.3, -0.25) is 24.0 Å². The molecule has 0 saturated carbocycles. The summed E-state index contributed by atoms with van der Waals surface area (Å²) in [6, 6.07) is 14.8. The molecule has 0 spiro atoms. The molecule has 4 atom stereocenters. The number of carbonyl (C=O) groups is 5. The van der Waals surface area contributed by atoms with Gasteiger partial charge in [0, 0.05) is 19.5 Å². The lowest BCUT2D eigenvalue weighted by Gasteiger charge is -2.38. The fraction of sp³-hybridized carbons (Fsp3) is 0.541. The van der Waals surface area contributed by atoms with E-state index in [9.17, 15) is 29.1 Å². The number of nitrogens with zero attached hydrogens (tertiary/aromatic N) is 1. The van der Waals surface area contributed by atoms with Crippen molar-refractivity contribution in [2.45, 2.75) is 101 Å². The van der Waals surface area contributed by atoms with Crippen LogP contribution in [0.4, 0.5) is 0 Å². The predicted molar refractivity (Wildman–Crippen MR) is 191 cm³/mol. The molecular weight excluding hydrogens is 638 g/mol. The summed E-state index contributed by atoms with van der Waals surface area (Å²) < 4.78 is 0. The van der Waals surface area contributed by atoms with Gasteiger partial charge >= 0.3 is 5.97 Å². The Kier molecular flexibility index (Phi) is 15.8. The monoisotopic (exact) mass is 693 g/mol. The number of carboxylic acids is 1. The fourth-order valence-corrected chi connectivity index (χ4v) is 6.03. The van der Waals surface area contributed by atoms with E-state index in [0.717, 1.165) is 24.0 Å². The quantitative estimate of drug-likeness (QED) is 0.105. The lowest BCUT2D eigenvalue weighted by atomic mass is 9.88. The highest BCUT2D eigenvalue weighted by molar-refractivity contribution is 5.95. The summed E-state index contributed by atoms with van der Waals surface area (Å²) in [7, 11) is 0. The summed E-state index contributed by atoms with van der Waals surface area (Å²) in [5.41, 5.74) is 18.2. The first kappa shape index (κ1) is 40.1. The number of unbranched alkanes of at least 4 members (excludes halogenated alkanes) is 2. The molecule has 0 unspecified atom stereocenters. The summed E-state index contributed by atoms with van der Waals surface area (Å²) in [4.78, 5) is 68.0. The summed E-state index contributed by atoms with van der Waals surface area (Å²) in [6.45, 7) is 4.64. The van der Waals surface area contributed by atoms with Gasteiger partial charge in [0.05, 0.1) is 6.04 Å². The molecular formula is C37H55N7O6. The maximum Gasteiger partial charge on any atom is 0.323 e. The third-order valence-electron chi connectivity index (χ3n) is 9.10. The number of benzene rings is 2. The summed E-state index contributed by atoms with van der Waals surface area (Å²) >= 11 is 0. The third kappa shape index (κ3) is 12.5. The van der Waals surface area contributed by atoms with Gasteiger partial charge < -0.3 is 43.2 Å². The van der Waals surface area contributed by atoms with Crippen molar-refractivity contribution >= 4 is 29.6 Å². The van der Waals surface area contributed by atoms with Gasteiger partial charge in [-0.2, -0.15) is 0 Å². The van der Waals surface area contributed by atoms with Gasteiger partial charge in [-0.05, 0) is 62.1 Å². The van der Waals surface area contributed by atoms with Gasteiger partial charge in [-0.25, -0.2) is 0 Å². The number of carboxylic acid groups (broad SMARTS) is 1. The Labute approximate surface area is 295 Å². The average Bonchev–Trinajstić information content (AvgIpc) is 3.09. The lowest BCUT2D eigenvalue weighted by Crippen LogP contribution is -2.60. The zero-order valence-electron chi connectivity index (χ0n) is 29.3. The topological polar surface area (TPSA) is 223 Å². The normalized spacial score (nSPS) is 16.5. The Hall–Kier alpha value is -4.33. The van der Waals surface area contributed by atoms with Gasteiger partial charge in [0.1, 0.15) is 23.7 Å². The molecule has 2 aromatic carbocycles. The molecule has 0 aliphatic carbocycles. The first-order chi connectivity index (χ1) is 23.8. The number of carbonyl (C=O) groups excluding carboxylic acids is 4. The number of hydrogen-bond acceptors (Lipinski definition) is 8. The average molecular weight is 694 g/mol. The third-order valence-corrected chi connectivity index (χ3v) is 9.10. The number of hydrogen-bond donors (Lipinski definition) is 7. The van der Waals surface area contributed by atoms with E-state index in [1.807, 2.05) is 74.5 Å². The van der Waals surface area contributed by atoms with Crippen molar-refractivity contribution in [1.82, 2.24) is 20.9 Å². The minimum Gasteiger partial charge on any atom is -0.480 e. The molecule has 0 aromatic heterocycles. The first-order valence-corrected chi connectivity index (χ1v) is 17.6. The van der Waals surface area contributed by atoms with Crippen LogP contribution in [0.25, 0.3) is 0 Å². The van der Waals surface area contributed by atoms with E-state index in [-0.39, 0.29) is 57.0 Å². The van der Waals surface area contributed by atoms with Crippen molar-refractivity contribution in [2.24, 2.45) is 23.1 Å². The van der Waals surface area contributed by atoms with E-state index in [2.05, 4.69) is 16.0 Å². The summed E-state index contributed by atoms with van der Waals surface area (Å²) in [5, 5.41) is 18.1. The van der Waals surface area contributed by atoms with E-state index in [1.165, 1.54) is 0 Å². The van der Waals surface area contributed by atoms with Gasteiger partial charge in [-0.1, -0.05) is 87.4 Å². The Morgan fingerprint density at radius 2 is 1.28 bits per heavy atom. The Morgan fingerprint density at radius 1 is 0.760 bits per heavy atom. The van der Waals surface area contributed by atoms with Crippen molar-refractivity contribution in [3.8, 4) is 0 Å². The van der Waals surface area contributed by atoms with Gasteiger partial charge in [0.15, 0.2) is 0 Å². The molecule has 4 amide bonds. The molecule has 0 radical (unpaired) electrons. The predicted octanol–water partition coefficient (Wildman–Crippen LogP) is 1.22. The van der Waals surface area contributed by atoms with Crippen LogP contribution in [0, 0.1) is 5.92 Å². The molecule has 3 rings (SSSR count). The maximum atomic E-state index is 13.9. The number of rotatable bonds is 19. The number of aliphatic carboxylic acids is 1. The van der Waals surface area contributed by atoms with Crippen LogP contribution in [0.1, 0.15) is 69.9 Å². The number of nitrogens with one attached hydrogen (secondary N) is 3. The van der Waals surface area contributed by atoms with E-state index in [4.69, 9.17) is 17.2 Å². The minimum absolute atomic E-state index is 0.00186. The number of likely N-dealkylation sites (tertiary alicyclic amines) is 1. The number of amides is 4. The highest BCUT2D eigenvalue weighted by atomic mass is 16.4. The number of piperidine rings is 1. The molecule has 1 aliphatic rings. The Bertz CT molecular complexity index is 1400. The second-order valence-electron chi connectivity index (χ2n) is 13.7. The van der Waals surface area contributed by atoms with Crippen LogP contribution in [0.15, 0.2) is 60.7 Å². The standard InChI is InChI=1S/C37H55N7O6/c1-25(2)22-30(33(46)41-29(16-10-5-11-19-38)35(48)44-20-17-37(40,18-21-44)36(49)50)43-34(47)31(24-27-14-8-4-9-15-27)42-32(45)28(39)23-26-12-6-3-7-13-26/h3-4,6-9,12-15,25,28-31H,5,10-11,16-24,38-40H2,1-2H3,(H,41,46)(H,42,45)(H,43,47)(H,49,50)/t28-,29-,30-,31-/m1/s1. The molecule has 13 nitrogen and oxygen atoms in total. The first-order valence-electron chi connectivity index (χ1n) is 17.6. The van der Waals surface area contributed by atoms with Gasteiger partial charge in [0.25, 0.3) is 0 Å². The van der Waals surface area contributed by atoms with E-state index >= 15 is 0 Å². The molecule has 1 aliphatic heterocycles. The van der Waals surface area contributed by atoms with Crippen molar-refractivity contribution < 1.29 is 29.1 Å². The van der Waals surface area contributed by atoms with Crippen LogP contribution >= 0.6 is 0 Å². The van der Waals surface area contributed by atoms with Crippen molar-refractivity contribution in [1.29, 1.82) is 0 Å². The zero-order valence-corrected chi connectivity index (χ0v) is 29.3. The number of nitrogens with two attached hydrogens (primary N) is 3. The minimum atomic E-state index is -1.40. The molecule has 1 heterocycles. The summed E-state index contributed by atoms with van der Waals surface area (Å²) in [5.74, 6) is -3.00. The van der Waals surface area contributed by atoms with Gasteiger partial charge in [-0.15, -0.1) is 0 Å². The van der Waals surface area contributed by atoms with E-state index in [0.29, 0.717) is 19.4 Å². The van der Waals surface area contributed by atoms with Gasteiger partial charge in [0.2, 0.25) is 23.6 Å². The zero-order chi connectivity index (χ0) is 36.7. The van der Waals surface area contributed by atoms with Crippen molar-refractivity contribution in [3.63, 3.8) is 0 Å². The second-order valence-corrected chi connectivity index (χ2v) is 13.7. The van der Waals surface area contributed by atoms with Crippen LogP contribution in [-0.4, -0.2) is 88.9 Å². The molecule has 1 saturated heterocycles. The SMILES string of the molecule is CC(C)C[C@@H](NC(=O)[C@@H](Cc1ccccc1)NC(=O)[C@H](N)Cc1ccccc1)C(=O)N[C@H](CCCCCN)C(=O)N1CCC(N)(C(=O)O)CC1. The lowest BCUT2D eigenvalue weighted by molar-refractivity contribution is -0.148. The maximum absolute atomic E-state index is 13.9. The van der Waals surface area contributed by atoms with Crippen LogP contribution < -0.4 is 33.2 Å². The molecule has 10 N–H and O–H groups in total. The molecule has 2 aromatic rings. The highest BCUT2D eigenvalue weighted by Crippen LogP contribution is 2.21. The Morgan fingerprint density at radius 3 is 1.82 bits per heavy atom. The molecule has 50 heavy (non-hydrogen) atoms. The Balaban J connectivity index is 1.77. The summed E-state index contributed by atoms with van der Waals surface area (Å²) in [6.07, 6.45) is 3.43. The van der Waals surface area contributed by atoms with E-state index < -0.39 is 53.4 Å². The van der Waals surface area contributed by atoms with Crippen molar-refractivity contribution in [3.05, 3.63) is 71.8 Å². The smallest absolute Gasteiger partial charge is 0.323 e. The highest BCUT2D eigenvalue weighted by Gasteiger charge is 2.40. The molecule has 0 bridgehead atoms. The van der Waals surface area contributed by atoms with Crippen LogP contribution in [-0.2, 0) is 36.8 Å². The second kappa shape index (κ2) is 19.8. The van der Waals surface area contributed by atoms with Crippen LogP contribution in [0.3, 0.4) is 0 Å². The van der Waals surface area contributed by atoms with Crippen molar-refractivity contribution in [2.75, 3.05) is 19.6 Å². The van der Waals surface area contributed by atoms with Crippen LogP contribution in [0.5, 0.6) is 0 Å². The molecule has 13 heteroatoms.